The van der Waals surface area contributed by atoms with E-state index in [9.17, 15) is 14.4 Å². The van der Waals surface area contributed by atoms with Crippen LogP contribution in [-0.4, -0.2) is 23.3 Å². The van der Waals surface area contributed by atoms with Crippen LogP contribution in [-0.2, 0) is 22.4 Å². The Bertz CT molecular complexity index is 953. The number of pyridine rings is 1. The van der Waals surface area contributed by atoms with Crippen LogP contribution in [0.2, 0.25) is 0 Å². The lowest BCUT2D eigenvalue weighted by Gasteiger charge is -2.18. The molecule has 1 aromatic carbocycles. The second kappa shape index (κ2) is 6.72. The van der Waals surface area contributed by atoms with Gasteiger partial charge in [0.1, 0.15) is 5.69 Å². The molecular formula is C19H18BrN3O3. The summed E-state index contributed by atoms with van der Waals surface area (Å²) in [5, 5.41) is 2.64. The number of nitrogens with zero attached hydrogens (tertiary/aromatic N) is 1. The van der Waals surface area contributed by atoms with Gasteiger partial charge in [-0.25, -0.2) is 0 Å². The topological polar surface area (TPSA) is 82.3 Å². The molecule has 2 N–H and O–H groups in total. The van der Waals surface area contributed by atoms with Crippen LogP contribution in [0.5, 0.6) is 0 Å². The molecule has 1 aromatic heterocycles. The van der Waals surface area contributed by atoms with E-state index in [2.05, 4.69) is 38.4 Å². The largest absolute Gasteiger partial charge is 0.326 e. The molecular weight excluding hydrogens is 398 g/mol. The molecule has 2 amide bonds. The number of rotatable bonds is 3. The highest BCUT2D eigenvalue weighted by Crippen LogP contribution is 2.30. The van der Waals surface area contributed by atoms with Gasteiger partial charge in [0.05, 0.1) is 5.92 Å². The molecule has 1 unspecified atom stereocenters. The van der Waals surface area contributed by atoms with Gasteiger partial charge in [0.25, 0.3) is 5.56 Å². The average molecular weight is 416 g/mol. The fourth-order valence-corrected chi connectivity index (χ4v) is 3.99. The maximum absolute atomic E-state index is 12.5. The average Bonchev–Trinajstić information content (AvgIpc) is 3.23. The fraction of sp³-hybridized carbons (Fsp3) is 0.316. The number of halogens is 1. The summed E-state index contributed by atoms with van der Waals surface area (Å²) in [7, 11) is 0. The van der Waals surface area contributed by atoms with E-state index in [0.717, 1.165) is 24.9 Å². The highest BCUT2D eigenvalue weighted by atomic mass is 79.9. The Hall–Kier alpha value is -2.41. The van der Waals surface area contributed by atoms with E-state index in [1.807, 2.05) is 6.07 Å². The van der Waals surface area contributed by atoms with E-state index in [4.69, 9.17) is 0 Å². The zero-order valence-corrected chi connectivity index (χ0v) is 15.6. The maximum Gasteiger partial charge on any atom is 0.271 e. The van der Waals surface area contributed by atoms with Crippen molar-refractivity contribution in [2.24, 2.45) is 5.92 Å². The predicted molar refractivity (Wildman–Crippen MR) is 102 cm³/mol. The third kappa shape index (κ3) is 3.19. The Labute approximate surface area is 158 Å². The second-order valence-electron chi connectivity index (χ2n) is 6.76. The summed E-state index contributed by atoms with van der Waals surface area (Å²) >= 11 is 3.26. The zero-order chi connectivity index (χ0) is 18.3. The van der Waals surface area contributed by atoms with Gasteiger partial charge in [-0.15, -0.1) is 0 Å². The van der Waals surface area contributed by atoms with Crippen molar-refractivity contribution < 1.29 is 9.59 Å². The summed E-state index contributed by atoms with van der Waals surface area (Å²) < 4.78 is 0.662. The van der Waals surface area contributed by atoms with Gasteiger partial charge in [-0.1, -0.05) is 6.07 Å². The van der Waals surface area contributed by atoms with Crippen molar-refractivity contribution >= 4 is 39.1 Å². The van der Waals surface area contributed by atoms with Crippen LogP contribution in [0, 0.1) is 5.92 Å². The zero-order valence-electron chi connectivity index (χ0n) is 14.0. The van der Waals surface area contributed by atoms with Gasteiger partial charge in [-0.3, -0.25) is 14.4 Å². The van der Waals surface area contributed by atoms with Crippen molar-refractivity contribution in [1.82, 2.24) is 4.98 Å². The van der Waals surface area contributed by atoms with Gasteiger partial charge in [0, 0.05) is 29.3 Å². The Kier molecular flexibility index (Phi) is 4.40. The molecule has 1 aliphatic heterocycles. The molecule has 0 spiro atoms. The van der Waals surface area contributed by atoms with Gasteiger partial charge in [-0.2, -0.15) is 0 Å². The minimum absolute atomic E-state index is 0.0637. The molecule has 134 valence electrons. The predicted octanol–water partition coefficient (Wildman–Crippen LogP) is 2.62. The van der Waals surface area contributed by atoms with Crippen LogP contribution in [0.1, 0.15) is 24.0 Å². The van der Waals surface area contributed by atoms with E-state index in [0.29, 0.717) is 11.0 Å². The van der Waals surface area contributed by atoms with E-state index in [1.54, 1.807) is 11.0 Å². The van der Waals surface area contributed by atoms with Crippen LogP contribution < -0.4 is 15.8 Å². The van der Waals surface area contributed by atoms with Gasteiger partial charge in [0.15, 0.2) is 0 Å². The Morgan fingerprint density at radius 1 is 1.19 bits per heavy atom. The number of anilines is 2. The lowest BCUT2D eigenvalue weighted by molar-refractivity contribution is -0.122. The first-order valence-corrected chi connectivity index (χ1v) is 9.42. The Balaban J connectivity index is 1.50. The Morgan fingerprint density at radius 3 is 2.85 bits per heavy atom. The van der Waals surface area contributed by atoms with Crippen LogP contribution in [0.3, 0.4) is 0 Å². The first kappa shape index (κ1) is 17.0. The molecule has 2 aromatic rings. The first-order chi connectivity index (χ1) is 12.5. The molecule has 26 heavy (non-hydrogen) atoms. The number of carbonyl (C=O) groups is 2. The number of fused-ring (bicyclic) bond motifs is 1. The number of aryl methyl sites for hydroxylation is 2. The Morgan fingerprint density at radius 2 is 2.00 bits per heavy atom. The molecule has 1 atom stereocenters. The van der Waals surface area contributed by atoms with Crippen LogP contribution >= 0.6 is 15.9 Å². The first-order valence-electron chi connectivity index (χ1n) is 8.62. The molecule has 0 radical (unpaired) electrons. The van der Waals surface area contributed by atoms with E-state index >= 15 is 0 Å². The summed E-state index contributed by atoms with van der Waals surface area (Å²) in [6.45, 7) is 0.329. The lowest BCUT2D eigenvalue weighted by Crippen LogP contribution is -2.29. The van der Waals surface area contributed by atoms with Crippen molar-refractivity contribution in [3.8, 4) is 0 Å². The number of nitrogens with one attached hydrogen (secondary N) is 2. The second-order valence-corrected chi connectivity index (χ2v) is 7.68. The van der Waals surface area contributed by atoms with Crippen molar-refractivity contribution in [1.29, 1.82) is 0 Å². The van der Waals surface area contributed by atoms with E-state index < -0.39 is 5.92 Å². The summed E-state index contributed by atoms with van der Waals surface area (Å²) in [5.41, 5.74) is 3.30. The maximum atomic E-state index is 12.5. The normalized spacial score (nSPS) is 18.9. The molecule has 0 saturated carbocycles. The van der Waals surface area contributed by atoms with E-state index in [-0.39, 0.29) is 29.5 Å². The number of aromatic nitrogens is 1. The molecule has 2 aliphatic rings. The number of hydrogen-bond acceptors (Lipinski definition) is 3. The van der Waals surface area contributed by atoms with Crippen LogP contribution in [0.4, 0.5) is 11.4 Å². The molecule has 0 bridgehead atoms. The summed E-state index contributed by atoms with van der Waals surface area (Å²) in [4.78, 5) is 41.0. The standard InChI is InChI=1S/C19H18BrN3O3/c20-14-8-16(19(26)21-9-14)22-18(25)13-7-17(24)23(10-13)15-5-4-11-2-1-3-12(11)6-15/h4-6,8-9,13H,1-3,7,10H2,(H,21,26)(H,22,25). The summed E-state index contributed by atoms with van der Waals surface area (Å²) in [5.74, 6) is -0.856. The molecule has 1 fully saturated rings. The lowest BCUT2D eigenvalue weighted by atomic mass is 10.1. The van der Waals surface area contributed by atoms with Crippen LogP contribution in [0.15, 0.2) is 39.7 Å². The summed E-state index contributed by atoms with van der Waals surface area (Å²) in [6, 6.07) is 7.66. The molecule has 2 heterocycles. The quantitative estimate of drug-likeness (QED) is 0.807. The molecule has 6 nitrogen and oxygen atoms in total. The highest BCUT2D eigenvalue weighted by molar-refractivity contribution is 9.10. The number of hydrogen-bond donors (Lipinski definition) is 2. The molecule has 4 rings (SSSR count). The number of aromatic amines is 1. The number of benzene rings is 1. The van der Waals surface area contributed by atoms with Crippen molar-refractivity contribution in [3.63, 3.8) is 0 Å². The van der Waals surface area contributed by atoms with Crippen LogP contribution in [0.25, 0.3) is 0 Å². The SMILES string of the molecule is O=C(Nc1cc(Br)c[nH]c1=O)C1CC(=O)N(c2ccc3c(c2)CCC3)C1. The van der Waals surface area contributed by atoms with E-state index in [1.165, 1.54) is 17.3 Å². The third-order valence-corrected chi connectivity index (χ3v) is 5.47. The smallest absolute Gasteiger partial charge is 0.271 e. The molecule has 1 aliphatic carbocycles. The van der Waals surface area contributed by atoms with Crippen molar-refractivity contribution in [2.75, 3.05) is 16.8 Å². The summed E-state index contributed by atoms with van der Waals surface area (Å²) in [6.07, 6.45) is 4.94. The third-order valence-electron chi connectivity index (χ3n) is 5.02. The number of amides is 2. The number of carbonyl (C=O) groups excluding carboxylic acids is 2. The van der Waals surface area contributed by atoms with Gasteiger partial charge < -0.3 is 15.2 Å². The van der Waals surface area contributed by atoms with Gasteiger partial charge in [0.2, 0.25) is 11.8 Å². The minimum atomic E-state index is -0.478. The van der Waals surface area contributed by atoms with Gasteiger partial charge >= 0.3 is 0 Å². The molecule has 1 saturated heterocycles. The number of H-pyrrole nitrogens is 1. The van der Waals surface area contributed by atoms with Crippen molar-refractivity contribution in [3.05, 3.63) is 56.4 Å². The highest BCUT2D eigenvalue weighted by Gasteiger charge is 2.35. The minimum Gasteiger partial charge on any atom is -0.326 e. The fourth-order valence-electron chi connectivity index (χ4n) is 3.64. The van der Waals surface area contributed by atoms with Crippen molar-refractivity contribution in [2.45, 2.75) is 25.7 Å². The molecule has 7 heteroatoms. The monoisotopic (exact) mass is 415 g/mol. The van der Waals surface area contributed by atoms with Gasteiger partial charge in [-0.05, 0) is 64.5 Å².